The Morgan fingerprint density at radius 3 is 2.55 bits per heavy atom. The molecule has 1 saturated heterocycles. The fourth-order valence-corrected chi connectivity index (χ4v) is 5.77. The Labute approximate surface area is 222 Å². The number of aryl methyl sites for hydroxylation is 2. The second-order valence-corrected chi connectivity index (χ2v) is 11.1. The molecule has 2 amide bonds. The molecule has 0 bridgehead atoms. The van der Waals surface area contributed by atoms with Crippen LogP contribution in [0.4, 0.5) is 0 Å². The van der Waals surface area contributed by atoms with E-state index in [0.717, 1.165) is 22.4 Å². The molecule has 1 N–H and O–H groups in total. The highest BCUT2D eigenvalue weighted by Crippen LogP contribution is 2.39. The van der Waals surface area contributed by atoms with Crippen LogP contribution in [0.25, 0.3) is 11.1 Å². The normalized spacial score (nSPS) is 24.2. The molecule has 4 heterocycles. The number of aliphatic hydroxyl groups is 1. The van der Waals surface area contributed by atoms with Gasteiger partial charge < -0.3 is 14.5 Å². The number of aliphatic imine (C=N–C) groups is 1. The summed E-state index contributed by atoms with van der Waals surface area (Å²) in [6, 6.07) is 13.3. The van der Waals surface area contributed by atoms with Crippen LogP contribution in [0.15, 0.2) is 58.2 Å². The van der Waals surface area contributed by atoms with Crippen molar-refractivity contribution in [1.82, 2.24) is 15.0 Å². The SMILES string of the molecule is Cc1cc([C@@H](C(=O)N2C[C@H](O)C[C@H]2C2=NC(=O)[C@](C)(c3ccc(-c4cccnc4C)cc3)C2)C(C)C)on1. The molecule has 198 valence electrons. The Morgan fingerprint density at radius 1 is 1.18 bits per heavy atom. The van der Waals surface area contributed by atoms with E-state index >= 15 is 0 Å². The van der Waals surface area contributed by atoms with Crippen molar-refractivity contribution in [2.24, 2.45) is 10.9 Å². The van der Waals surface area contributed by atoms with Crippen molar-refractivity contribution in [2.45, 2.75) is 70.9 Å². The van der Waals surface area contributed by atoms with Crippen molar-refractivity contribution in [3.05, 3.63) is 71.4 Å². The molecule has 0 spiro atoms. The number of aromatic nitrogens is 2. The first kappa shape index (κ1) is 26.0. The lowest BCUT2D eigenvalue weighted by molar-refractivity contribution is -0.134. The van der Waals surface area contributed by atoms with E-state index in [2.05, 4.69) is 15.1 Å². The van der Waals surface area contributed by atoms with Crippen molar-refractivity contribution in [3.8, 4) is 11.1 Å². The summed E-state index contributed by atoms with van der Waals surface area (Å²) < 4.78 is 5.46. The zero-order valence-electron chi connectivity index (χ0n) is 22.5. The molecule has 8 heteroatoms. The van der Waals surface area contributed by atoms with E-state index in [-0.39, 0.29) is 24.3 Å². The Morgan fingerprint density at radius 2 is 1.92 bits per heavy atom. The molecule has 4 atom stereocenters. The van der Waals surface area contributed by atoms with Gasteiger partial charge in [0.2, 0.25) is 5.91 Å². The van der Waals surface area contributed by atoms with E-state index in [1.165, 1.54) is 0 Å². The van der Waals surface area contributed by atoms with Gasteiger partial charge in [-0.25, -0.2) is 4.99 Å². The van der Waals surface area contributed by atoms with Gasteiger partial charge in [-0.05, 0) is 43.9 Å². The molecule has 1 fully saturated rings. The first-order valence-electron chi connectivity index (χ1n) is 13.1. The highest BCUT2D eigenvalue weighted by atomic mass is 16.5. The minimum atomic E-state index is -0.834. The molecule has 5 rings (SSSR count). The Bertz CT molecular complexity index is 1390. The highest BCUT2D eigenvalue weighted by Gasteiger charge is 2.48. The van der Waals surface area contributed by atoms with Crippen molar-refractivity contribution < 1.29 is 19.2 Å². The summed E-state index contributed by atoms with van der Waals surface area (Å²) in [4.78, 5) is 37.6. The lowest BCUT2D eigenvalue weighted by atomic mass is 9.78. The molecule has 2 aliphatic rings. The largest absolute Gasteiger partial charge is 0.391 e. The molecule has 0 saturated carbocycles. The summed E-state index contributed by atoms with van der Waals surface area (Å²) in [5, 5.41) is 14.5. The number of pyridine rings is 1. The molecular weight excluding hydrogens is 480 g/mol. The maximum absolute atomic E-state index is 13.8. The number of carbonyl (C=O) groups excluding carboxylic acids is 2. The topological polar surface area (TPSA) is 109 Å². The second kappa shape index (κ2) is 9.91. The van der Waals surface area contributed by atoms with E-state index in [4.69, 9.17) is 4.52 Å². The fraction of sp³-hybridized carbons (Fsp3) is 0.433. The van der Waals surface area contributed by atoms with Gasteiger partial charge in [0.25, 0.3) is 5.91 Å². The Hall–Kier alpha value is -3.65. The second-order valence-electron chi connectivity index (χ2n) is 11.1. The summed E-state index contributed by atoms with van der Waals surface area (Å²) in [6.07, 6.45) is 1.84. The number of likely N-dealkylation sites (tertiary alicyclic amines) is 1. The number of benzene rings is 1. The molecule has 0 unspecified atom stereocenters. The number of rotatable bonds is 6. The number of hydrogen-bond acceptors (Lipinski definition) is 6. The number of nitrogens with zero attached hydrogens (tertiary/aromatic N) is 4. The van der Waals surface area contributed by atoms with Crippen LogP contribution < -0.4 is 0 Å². The molecule has 3 aromatic rings. The Balaban J connectivity index is 1.39. The smallest absolute Gasteiger partial charge is 0.256 e. The van der Waals surface area contributed by atoms with Gasteiger partial charge in [-0.15, -0.1) is 0 Å². The summed E-state index contributed by atoms with van der Waals surface area (Å²) >= 11 is 0. The Kier molecular flexibility index (Phi) is 6.77. The monoisotopic (exact) mass is 514 g/mol. The van der Waals surface area contributed by atoms with Gasteiger partial charge in [0, 0.05) is 48.6 Å². The van der Waals surface area contributed by atoms with Gasteiger partial charge in [-0.1, -0.05) is 49.3 Å². The third kappa shape index (κ3) is 4.58. The van der Waals surface area contributed by atoms with Crippen molar-refractivity contribution in [1.29, 1.82) is 0 Å². The summed E-state index contributed by atoms with van der Waals surface area (Å²) in [7, 11) is 0. The predicted octanol–water partition coefficient (Wildman–Crippen LogP) is 4.38. The van der Waals surface area contributed by atoms with Gasteiger partial charge in [-0.3, -0.25) is 14.6 Å². The quantitative estimate of drug-likeness (QED) is 0.523. The summed E-state index contributed by atoms with van der Waals surface area (Å²) in [5.74, 6) is -0.416. The van der Waals surface area contributed by atoms with E-state index in [1.54, 1.807) is 17.2 Å². The van der Waals surface area contributed by atoms with Gasteiger partial charge in [0.15, 0.2) is 0 Å². The molecule has 0 aliphatic carbocycles. The molecule has 1 aromatic carbocycles. The minimum Gasteiger partial charge on any atom is -0.391 e. The van der Waals surface area contributed by atoms with Crippen LogP contribution >= 0.6 is 0 Å². The fourth-order valence-electron chi connectivity index (χ4n) is 5.77. The molecule has 38 heavy (non-hydrogen) atoms. The van der Waals surface area contributed by atoms with E-state index in [1.807, 2.05) is 71.0 Å². The average molecular weight is 515 g/mol. The van der Waals surface area contributed by atoms with E-state index < -0.39 is 23.5 Å². The zero-order valence-corrected chi connectivity index (χ0v) is 22.5. The molecule has 2 aliphatic heterocycles. The number of amides is 2. The maximum atomic E-state index is 13.8. The van der Waals surface area contributed by atoms with Crippen LogP contribution in [-0.2, 0) is 15.0 Å². The zero-order chi connectivity index (χ0) is 27.2. The van der Waals surface area contributed by atoms with Gasteiger partial charge in [0.1, 0.15) is 11.7 Å². The van der Waals surface area contributed by atoms with Crippen LogP contribution in [0.3, 0.4) is 0 Å². The van der Waals surface area contributed by atoms with Gasteiger partial charge in [-0.2, -0.15) is 0 Å². The molecular formula is C30H34N4O4. The van der Waals surface area contributed by atoms with Crippen LogP contribution in [0, 0.1) is 19.8 Å². The van der Waals surface area contributed by atoms with Crippen LogP contribution in [0.5, 0.6) is 0 Å². The van der Waals surface area contributed by atoms with Crippen LogP contribution in [0.2, 0.25) is 0 Å². The molecule has 8 nitrogen and oxygen atoms in total. The number of aliphatic hydroxyl groups excluding tert-OH is 1. The van der Waals surface area contributed by atoms with Crippen molar-refractivity contribution in [3.63, 3.8) is 0 Å². The standard InChI is InChI=1S/C30H34N4O4/c1-17(2)27(26-13-18(3)33-38-26)28(36)34-16-22(35)14-25(34)24-15-30(5,29(37)32-24)21-10-8-20(9-11-21)23-7-6-12-31-19(23)4/h6-13,17,22,25,27,35H,14-16H2,1-5H3/t22-,25+,27+,30+/m1/s1. The van der Waals surface area contributed by atoms with E-state index in [0.29, 0.717) is 30.0 Å². The molecule has 2 aromatic heterocycles. The van der Waals surface area contributed by atoms with Crippen molar-refractivity contribution >= 4 is 17.5 Å². The first-order chi connectivity index (χ1) is 18.1. The van der Waals surface area contributed by atoms with E-state index in [9.17, 15) is 14.7 Å². The minimum absolute atomic E-state index is 0.0346. The number of hydrogen-bond donors (Lipinski definition) is 1. The third-order valence-electron chi connectivity index (χ3n) is 7.92. The lowest BCUT2D eigenvalue weighted by Gasteiger charge is -2.30. The first-order valence-corrected chi connectivity index (χ1v) is 13.1. The van der Waals surface area contributed by atoms with Crippen LogP contribution in [0.1, 0.15) is 62.2 Å². The van der Waals surface area contributed by atoms with Crippen LogP contribution in [-0.4, -0.2) is 56.4 Å². The van der Waals surface area contributed by atoms with Gasteiger partial charge in [0.05, 0.1) is 23.3 Å². The summed E-state index contributed by atoms with van der Waals surface area (Å²) in [6.45, 7) is 9.83. The molecule has 0 radical (unpaired) electrons. The highest BCUT2D eigenvalue weighted by molar-refractivity contribution is 6.11. The van der Waals surface area contributed by atoms with Gasteiger partial charge >= 0.3 is 0 Å². The lowest BCUT2D eigenvalue weighted by Crippen LogP contribution is -2.44. The summed E-state index contributed by atoms with van der Waals surface area (Å²) in [5.41, 5.74) is 4.43. The third-order valence-corrected chi connectivity index (χ3v) is 7.92. The number of β-amino-alcohol motifs (C(OH)–C–C–N with tert-alkyl or cyclic N) is 1. The van der Waals surface area contributed by atoms with Crippen molar-refractivity contribution in [2.75, 3.05) is 6.54 Å². The number of carbonyl (C=O) groups is 2. The maximum Gasteiger partial charge on any atom is 0.256 e. The predicted molar refractivity (Wildman–Crippen MR) is 144 cm³/mol. The average Bonchev–Trinajstić information content (AvgIpc) is 3.57.